The van der Waals surface area contributed by atoms with Gasteiger partial charge in [0, 0.05) is 50.3 Å². The van der Waals surface area contributed by atoms with Crippen molar-refractivity contribution in [2.45, 2.75) is 18.9 Å². The number of nitrogens with one attached hydrogen (secondary N) is 2. The van der Waals surface area contributed by atoms with E-state index in [1.807, 2.05) is 7.05 Å². The number of halogens is 1. The van der Waals surface area contributed by atoms with Crippen molar-refractivity contribution in [3.63, 3.8) is 0 Å². The number of hydrogen-bond donors (Lipinski definition) is 2. The number of nitrogens with zero attached hydrogens (tertiary/aromatic N) is 2. The quantitative estimate of drug-likeness (QED) is 0.713. The molecule has 0 atom stereocenters. The van der Waals surface area contributed by atoms with E-state index in [0.717, 1.165) is 55.5 Å². The highest BCUT2D eigenvalue weighted by atomic mass is 19.1. The molecular formula is C23H25FN4O. The van der Waals surface area contributed by atoms with E-state index in [9.17, 15) is 9.18 Å². The van der Waals surface area contributed by atoms with E-state index < -0.39 is 0 Å². The average molecular weight is 392 g/mol. The lowest BCUT2D eigenvalue weighted by atomic mass is 10.0. The van der Waals surface area contributed by atoms with Crippen LogP contribution in [-0.4, -0.2) is 55.1 Å². The molecule has 1 saturated heterocycles. The molecule has 2 aliphatic rings. The van der Waals surface area contributed by atoms with Gasteiger partial charge in [0.05, 0.1) is 5.52 Å². The van der Waals surface area contributed by atoms with E-state index in [4.69, 9.17) is 0 Å². The lowest BCUT2D eigenvalue weighted by Crippen LogP contribution is -2.43. The van der Waals surface area contributed by atoms with Crippen LogP contribution in [0.1, 0.15) is 23.3 Å². The second-order valence-corrected chi connectivity index (χ2v) is 8.00. The Balaban J connectivity index is 1.49. The minimum Gasteiger partial charge on any atom is -0.369 e. The van der Waals surface area contributed by atoms with Crippen LogP contribution in [0.4, 0.5) is 10.1 Å². The summed E-state index contributed by atoms with van der Waals surface area (Å²) in [5.41, 5.74) is 3.98. The predicted octanol–water partition coefficient (Wildman–Crippen LogP) is 3.62. The molecule has 5 nitrogen and oxygen atoms in total. The SMILES string of the molecule is CN(C(=O)c1cc2c(-c3ccc(N4CCNCC4)cc3)ccc(F)c2[nH]1)C1CC1. The van der Waals surface area contributed by atoms with Crippen LogP contribution in [-0.2, 0) is 0 Å². The number of benzene rings is 2. The highest BCUT2D eigenvalue weighted by molar-refractivity contribution is 6.03. The third-order valence-corrected chi connectivity index (χ3v) is 6.05. The Bertz CT molecular complexity index is 1050. The summed E-state index contributed by atoms with van der Waals surface area (Å²) in [5.74, 6) is -0.419. The van der Waals surface area contributed by atoms with Crippen LogP contribution < -0.4 is 10.2 Å². The molecule has 29 heavy (non-hydrogen) atoms. The fourth-order valence-electron chi connectivity index (χ4n) is 4.14. The van der Waals surface area contributed by atoms with Gasteiger partial charge in [-0.1, -0.05) is 18.2 Å². The number of fused-ring (bicyclic) bond motifs is 1. The number of carbonyl (C=O) groups excluding carboxylic acids is 1. The summed E-state index contributed by atoms with van der Waals surface area (Å²) in [5, 5.41) is 4.11. The number of piperazine rings is 1. The first-order valence-corrected chi connectivity index (χ1v) is 10.3. The van der Waals surface area contributed by atoms with Crippen LogP contribution in [0.25, 0.3) is 22.0 Å². The zero-order valence-corrected chi connectivity index (χ0v) is 16.5. The molecule has 2 heterocycles. The number of H-pyrrole nitrogens is 1. The number of amides is 1. The van der Waals surface area contributed by atoms with Crippen molar-refractivity contribution in [3.05, 3.63) is 54.0 Å². The number of aromatic nitrogens is 1. The maximum Gasteiger partial charge on any atom is 0.270 e. The maximum absolute atomic E-state index is 14.5. The van der Waals surface area contributed by atoms with Crippen LogP contribution in [0, 0.1) is 5.82 Å². The molecule has 0 unspecified atom stereocenters. The Morgan fingerprint density at radius 1 is 1.10 bits per heavy atom. The highest BCUT2D eigenvalue weighted by Gasteiger charge is 2.31. The fraction of sp³-hybridized carbons (Fsp3) is 0.348. The molecule has 2 fully saturated rings. The van der Waals surface area contributed by atoms with Crippen LogP contribution in [0.2, 0.25) is 0 Å². The fourth-order valence-corrected chi connectivity index (χ4v) is 4.14. The van der Waals surface area contributed by atoms with Gasteiger partial charge in [-0.25, -0.2) is 4.39 Å². The third kappa shape index (κ3) is 3.38. The normalized spacial score (nSPS) is 17.0. The van der Waals surface area contributed by atoms with Gasteiger partial charge < -0.3 is 20.1 Å². The summed E-state index contributed by atoms with van der Waals surface area (Å²) in [6, 6.07) is 13.8. The minimum atomic E-state index is -0.339. The van der Waals surface area contributed by atoms with Crippen molar-refractivity contribution >= 4 is 22.5 Å². The van der Waals surface area contributed by atoms with Crippen molar-refractivity contribution in [1.82, 2.24) is 15.2 Å². The lowest BCUT2D eigenvalue weighted by molar-refractivity contribution is 0.0780. The molecule has 1 aliphatic carbocycles. The summed E-state index contributed by atoms with van der Waals surface area (Å²) in [7, 11) is 1.82. The highest BCUT2D eigenvalue weighted by Crippen LogP contribution is 2.33. The molecule has 2 aromatic carbocycles. The van der Waals surface area contributed by atoms with Crippen LogP contribution in [0.3, 0.4) is 0 Å². The molecule has 3 aromatic rings. The number of carbonyl (C=O) groups is 1. The van der Waals surface area contributed by atoms with Gasteiger partial charge in [0.1, 0.15) is 11.5 Å². The lowest BCUT2D eigenvalue weighted by Gasteiger charge is -2.29. The van der Waals surface area contributed by atoms with Gasteiger partial charge in [0.25, 0.3) is 5.91 Å². The largest absolute Gasteiger partial charge is 0.369 e. The topological polar surface area (TPSA) is 51.4 Å². The van der Waals surface area contributed by atoms with Gasteiger partial charge in [-0.3, -0.25) is 4.79 Å². The molecular weight excluding hydrogens is 367 g/mol. The van der Waals surface area contributed by atoms with Gasteiger partial charge in [0.2, 0.25) is 0 Å². The van der Waals surface area contributed by atoms with Crippen molar-refractivity contribution in [3.8, 4) is 11.1 Å². The van der Waals surface area contributed by atoms with E-state index in [-0.39, 0.29) is 11.7 Å². The van der Waals surface area contributed by atoms with Gasteiger partial charge in [-0.15, -0.1) is 0 Å². The Morgan fingerprint density at radius 2 is 1.83 bits per heavy atom. The first-order valence-electron chi connectivity index (χ1n) is 10.3. The van der Waals surface area contributed by atoms with Crippen LogP contribution in [0.15, 0.2) is 42.5 Å². The monoisotopic (exact) mass is 392 g/mol. The number of hydrogen-bond acceptors (Lipinski definition) is 3. The Labute approximate surface area is 169 Å². The number of aromatic amines is 1. The van der Waals surface area contributed by atoms with E-state index in [2.05, 4.69) is 39.5 Å². The van der Waals surface area contributed by atoms with Crippen LogP contribution >= 0.6 is 0 Å². The molecule has 6 heteroatoms. The molecule has 5 rings (SSSR count). The van der Waals surface area contributed by atoms with Crippen LogP contribution in [0.5, 0.6) is 0 Å². The first-order chi connectivity index (χ1) is 14.1. The molecule has 0 spiro atoms. The summed E-state index contributed by atoms with van der Waals surface area (Å²) in [6.45, 7) is 3.99. The molecule has 1 aromatic heterocycles. The predicted molar refractivity (Wildman–Crippen MR) is 114 cm³/mol. The summed E-state index contributed by atoms with van der Waals surface area (Å²) in [4.78, 5) is 19.9. The zero-order valence-electron chi connectivity index (χ0n) is 16.5. The third-order valence-electron chi connectivity index (χ3n) is 6.05. The molecule has 0 radical (unpaired) electrons. The van der Waals surface area contributed by atoms with Gasteiger partial charge in [0.15, 0.2) is 0 Å². The molecule has 2 N–H and O–H groups in total. The molecule has 1 saturated carbocycles. The molecule has 1 amide bonds. The standard InChI is InChI=1S/C23H25FN4O/c1-27(16-6-7-16)23(29)21-14-19-18(8-9-20(24)22(19)26-21)15-2-4-17(5-3-15)28-12-10-25-11-13-28/h2-5,8-9,14,16,25-26H,6-7,10-13H2,1H3. The number of rotatable bonds is 4. The molecule has 150 valence electrons. The van der Waals surface area contributed by atoms with Gasteiger partial charge in [-0.05, 0) is 48.2 Å². The van der Waals surface area contributed by atoms with E-state index >= 15 is 0 Å². The Kier molecular flexibility index (Phi) is 4.51. The van der Waals surface area contributed by atoms with Crippen molar-refractivity contribution < 1.29 is 9.18 Å². The summed E-state index contributed by atoms with van der Waals surface area (Å²) in [6.07, 6.45) is 2.09. The van der Waals surface area contributed by atoms with E-state index in [0.29, 0.717) is 17.3 Å². The minimum absolute atomic E-state index is 0.0805. The van der Waals surface area contributed by atoms with Crippen molar-refractivity contribution in [2.24, 2.45) is 0 Å². The Morgan fingerprint density at radius 3 is 2.52 bits per heavy atom. The second kappa shape index (κ2) is 7.19. The van der Waals surface area contributed by atoms with E-state index in [1.54, 1.807) is 17.0 Å². The smallest absolute Gasteiger partial charge is 0.270 e. The zero-order chi connectivity index (χ0) is 20.0. The molecule has 0 bridgehead atoms. The first kappa shape index (κ1) is 18.2. The van der Waals surface area contributed by atoms with E-state index in [1.165, 1.54) is 11.8 Å². The van der Waals surface area contributed by atoms with Crippen molar-refractivity contribution in [2.75, 3.05) is 38.1 Å². The summed E-state index contributed by atoms with van der Waals surface area (Å²) < 4.78 is 14.5. The molecule has 1 aliphatic heterocycles. The summed E-state index contributed by atoms with van der Waals surface area (Å²) >= 11 is 0. The van der Waals surface area contributed by atoms with Gasteiger partial charge >= 0.3 is 0 Å². The second-order valence-electron chi connectivity index (χ2n) is 8.00. The average Bonchev–Trinajstić information content (AvgIpc) is 3.52. The van der Waals surface area contributed by atoms with Gasteiger partial charge in [-0.2, -0.15) is 0 Å². The Hall–Kier alpha value is -2.86. The number of anilines is 1. The maximum atomic E-state index is 14.5. The van der Waals surface area contributed by atoms with Crippen molar-refractivity contribution in [1.29, 1.82) is 0 Å².